The van der Waals surface area contributed by atoms with Crippen LogP contribution >= 0.6 is 0 Å². The van der Waals surface area contributed by atoms with Crippen LogP contribution in [0.2, 0.25) is 0 Å². The highest BCUT2D eigenvalue weighted by Gasteiger charge is 2.41. The number of hydrazine groups is 1. The molecule has 0 aromatic carbocycles. The molecular formula is C11H21N3. The van der Waals surface area contributed by atoms with E-state index >= 15 is 0 Å². The predicted octanol–water partition coefficient (Wildman–Crippen LogP) is 1.69. The Kier molecular flexibility index (Phi) is 2.77. The minimum Gasteiger partial charge on any atom is -0.312 e. The van der Waals surface area contributed by atoms with Crippen LogP contribution in [0.25, 0.3) is 0 Å². The molecule has 80 valence electrons. The number of hydrogen-bond acceptors (Lipinski definition) is 2. The van der Waals surface area contributed by atoms with Gasteiger partial charge in [0, 0.05) is 12.0 Å². The second-order valence-electron chi connectivity index (χ2n) is 5.03. The van der Waals surface area contributed by atoms with E-state index in [0.29, 0.717) is 12.0 Å². The number of nitrogens with one attached hydrogen (secondary N) is 1. The lowest BCUT2D eigenvalue weighted by Gasteiger charge is -2.23. The van der Waals surface area contributed by atoms with Gasteiger partial charge in [0.15, 0.2) is 0 Å². The first-order chi connectivity index (χ1) is 6.70. The minimum atomic E-state index is 0.347. The van der Waals surface area contributed by atoms with Crippen LogP contribution in [0.1, 0.15) is 39.5 Å². The third kappa shape index (κ3) is 1.78. The maximum Gasteiger partial charge on any atom is 0.114 e. The summed E-state index contributed by atoms with van der Waals surface area (Å²) in [7, 11) is 0. The zero-order chi connectivity index (χ0) is 10.1. The van der Waals surface area contributed by atoms with Gasteiger partial charge in [-0.3, -0.25) is 4.99 Å². The topological polar surface area (TPSA) is 50.4 Å². The molecule has 2 saturated carbocycles. The molecule has 0 radical (unpaired) electrons. The van der Waals surface area contributed by atoms with Gasteiger partial charge in [-0.2, -0.15) is 0 Å². The number of nitrogens with zero attached hydrogens (tertiary/aromatic N) is 1. The predicted molar refractivity (Wildman–Crippen MR) is 58.8 cm³/mol. The second kappa shape index (κ2) is 3.89. The number of hydrogen-bond donors (Lipinski definition) is 2. The smallest absolute Gasteiger partial charge is 0.114 e. The second-order valence-corrected chi connectivity index (χ2v) is 5.03. The van der Waals surface area contributed by atoms with Crippen LogP contribution in [-0.2, 0) is 0 Å². The Hall–Kier alpha value is -0.570. The van der Waals surface area contributed by atoms with Gasteiger partial charge in [0.25, 0.3) is 0 Å². The zero-order valence-corrected chi connectivity index (χ0v) is 9.16. The monoisotopic (exact) mass is 195 g/mol. The Morgan fingerprint density at radius 2 is 2.14 bits per heavy atom. The number of nitrogens with two attached hydrogens (primary N) is 1. The van der Waals surface area contributed by atoms with Gasteiger partial charge in [0.1, 0.15) is 5.84 Å². The highest BCUT2D eigenvalue weighted by molar-refractivity contribution is 5.84. The molecule has 2 fully saturated rings. The first kappa shape index (κ1) is 9.97. The summed E-state index contributed by atoms with van der Waals surface area (Å²) in [5.41, 5.74) is 2.81. The first-order valence-corrected chi connectivity index (χ1v) is 5.75. The van der Waals surface area contributed by atoms with Crippen LogP contribution in [0.15, 0.2) is 4.99 Å². The van der Waals surface area contributed by atoms with E-state index < -0.39 is 0 Å². The van der Waals surface area contributed by atoms with Crippen molar-refractivity contribution in [3.05, 3.63) is 0 Å². The summed E-state index contributed by atoms with van der Waals surface area (Å²) in [6.07, 6.45) is 5.53. The Labute approximate surface area is 86.1 Å². The molecule has 0 aromatic rings. The largest absolute Gasteiger partial charge is 0.312 e. The van der Waals surface area contributed by atoms with Gasteiger partial charge < -0.3 is 5.43 Å². The molecule has 2 aliphatic carbocycles. The van der Waals surface area contributed by atoms with Crippen molar-refractivity contribution in [1.82, 2.24) is 5.43 Å². The van der Waals surface area contributed by atoms with E-state index in [1.54, 1.807) is 0 Å². The fraction of sp³-hybridized carbons (Fsp3) is 0.909. The molecule has 3 unspecified atom stereocenters. The molecule has 3 nitrogen and oxygen atoms in total. The number of aliphatic imine (C=N–C) groups is 1. The third-order valence-electron chi connectivity index (χ3n) is 3.63. The summed E-state index contributed by atoms with van der Waals surface area (Å²) in [6, 6.07) is 0.347. The van der Waals surface area contributed by atoms with Crippen molar-refractivity contribution in [2.45, 2.75) is 45.6 Å². The van der Waals surface area contributed by atoms with Crippen molar-refractivity contribution in [3.63, 3.8) is 0 Å². The molecule has 0 aliphatic heterocycles. The molecule has 0 amide bonds. The van der Waals surface area contributed by atoms with Crippen LogP contribution in [0.5, 0.6) is 0 Å². The van der Waals surface area contributed by atoms with Crippen molar-refractivity contribution in [1.29, 1.82) is 0 Å². The third-order valence-corrected chi connectivity index (χ3v) is 3.63. The van der Waals surface area contributed by atoms with Crippen molar-refractivity contribution in [3.8, 4) is 0 Å². The summed E-state index contributed by atoms with van der Waals surface area (Å²) in [6.45, 7) is 4.20. The van der Waals surface area contributed by atoms with E-state index in [0.717, 1.165) is 17.7 Å². The lowest BCUT2D eigenvalue weighted by molar-refractivity contribution is 0.406. The minimum absolute atomic E-state index is 0.347. The lowest BCUT2D eigenvalue weighted by atomic mass is 9.88. The van der Waals surface area contributed by atoms with Crippen LogP contribution in [-0.4, -0.2) is 11.9 Å². The summed E-state index contributed by atoms with van der Waals surface area (Å²) >= 11 is 0. The summed E-state index contributed by atoms with van der Waals surface area (Å²) in [5, 5.41) is 0. The molecule has 2 bridgehead atoms. The average Bonchev–Trinajstić information content (AvgIpc) is 2.74. The molecule has 14 heavy (non-hydrogen) atoms. The molecule has 0 heterocycles. The lowest BCUT2D eigenvalue weighted by Crippen LogP contribution is -2.39. The molecule has 2 rings (SSSR count). The maximum atomic E-state index is 5.55. The van der Waals surface area contributed by atoms with E-state index in [1.807, 2.05) is 0 Å². The Morgan fingerprint density at radius 1 is 1.36 bits per heavy atom. The van der Waals surface area contributed by atoms with Crippen LogP contribution < -0.4 is 11.3 Å². The van der Waals surface area contributed by atoms with Crippen LogP contribution in [0.4, 0.5) is 0 Å². The number of rotatable bonds is 2. The fourth-order valence-electron chi connectivity index (χ4n) is 3.10. The zero-order valence-electron chi connectivity index (χ0n) is 9.16. The van der Waals surface area contributed by atoms with Crippen molar-refractivity contribution in [2.24, 2.45) is 28.6 Å². The van der Waals surface area contributed by atoms with Crippen LogP contribution in [0.3, 0.4) is 0 Å². The SMILES string of the molecule is CC(C)N=C(NN)C1CC2CCC1C2. The molecule has 0 spiro atoms. The summed E-state index contributed by atoms with van der Waals surface area (Å²) < 4.78 is 0. The fourth-order valence-corrected chi connectivity index (χ4v) is 3.10. The van der Waals surface area contributed by atoms with Gasteiger partial charge in [-0.05, 0) is 44.9 Å². The highest BCUT2D eigenvalue weighted by Crippen LogP contribution is 2.48. The van der Waals surface area contributed by atoms with E-state index in [1.165, 1.54) is 25.7 Å². The van der Waals surface area contributed by atoms with Gasteiger partial charge in [-0.25, -0.2) is 5.84 Å². The standard InChI is InChI=1S/C11H21N3/c1-7(2)13-11(14-12)10-6-8-3-4-9(10)5-8/h7-10H,3-6,12H2,1-2H3,(H,13,14). The molecule has 3 N–H and O–H groups in total. The van der Waals surface area contributed by atoms with Gasteiger partial charge >= 0.3 is 0 Å². The Balaban J connectivity index is 2.06. The molecule has 0 aromatic heterocycles. The van der Waals surface area contributed by atoms with E-state index in [2.05, 4.69) is 24.3 Å². The molecular weight excluding hydrogens is 174 g/mol. The van der Waals surface area contributed by atoms with Gasteiger partial charge in [-0.15, -0.1) is 0 Å². The maximum absolute atomic E-state index is 5.55. The highest BCUT2D eigenvalue weighted by atomic mass is 15.3. The van der Waals surface area contributed by atoms with Gasteiger partial charge in [-0.1, -0.05) is 6.42 Å². The van der Waals surface area contributed by atoms with Gasteiger partial charge in [0.2, 0.25) is 0 Å². The molecule has 0 saturated heterocycles. The molecule has 3 heteroatoms. The number of fused-ring (bicyclic) bond motifs is 2. The van der Waals surface area contributed by atoms with E-state index in [4.69, 9.17) is 5.84 Å². The normalized spacial score (nSPS) is 36.9. The Morgan fingerprint density at radius 3 is 2.57 bits per heavy atom. The Bertz CT molecular complexity index is 235. The average molecular weight is 195 g/mol. The van der Waals surface area contributed by atoms with Crippen molar-refractivity contribution >= 4 is 5.84 Å². The summed E-state index contributed by atoms with van der Waals surface area (Å²) in [4.78, 5) is 4.58. The first-order valence-electron chi connectivity index (χ1n) is 5.75. The number of amidine groups is 1. The van der Waals surface area contributed by atoms with E-state index in [9.17, 15) is 0 Å². The van der Waals surface area contributed by atoms with Gasteiger partial charge in [0.05, 0.1) is 0 Å². The molecule has 2 aliphatic rings. The quantitative estimate of drug-likeness (QED) is 0.305. The summed E-state index contributed by atoms with van der Waals surface area (Å²) in [5.74, 6) is 9.04. The van der Waals surface area contributed by atoms with Crippen molar-refractivity contribution < 1.29 is 0 Å². The van der Waals surface area contributed by atoms with E-state index in [-0.39, 0.29) is 0 Å². The van der Waals surface area contributed by atoms with Crippen molar-refractivity contribution in [2.75, 3.05) is 0 Å². The molecule has 3 atom stereocenters. The van der Waals surface area contributed by atoms with Crippen LogP contribution in [0, 0.1) is 17.8 Å².